The predicted molar refractivity (Wildman–Crippen MR) is 60.1 cm³/mol. The highest BCUT2D eigenvalue weighted by Crippen LogP contribution is 2.23. The number of carboxylic acid groups (broad SMARTS) is 1. The quantitative estimate of drug-likeness (QED) is 0.736. The van der Waals surface area contributed by atoms with E-state index in [4.69, 9.17) is 5.11 Å². The van der Waals surface area contributed by atoms with Crippen LogP contribution >= 0.6 is 0 Å². The highest BCUT2D eigenvalue weighted by Gasteiger charge is 2.26. The van der Waals surface area contributed by atoms with Crippen LogP contribution in [0.25, 0.3) is 0 Å². The van der Waals surface area contributed by atoms with Gasteiger partial charge in [-0.15, -0.1) is 0 Å². The van der Waals surface area contributed by atoms with Crippen molar-refractivity contribution in [2.75, 3.05) is 19.6 Å². The van der Waals surface area contributed by atoms with E-state index in [9.17, 15) is 4.79 Å². The van der Waals surface area contributed by atoms with E-state index in [1.165, 1.54) is 0 Å². The summed E-state index contributed by atoms with van der Waals surface area (Å²) >= 11 is 0. The molecule has 1 rings (SSSR count). The standard InChI is InChI=1S/C11H22N2O2/c1-11(2,3)13-6-4-9(5-7-13)8-12-10(14)15/h9,12H,4-8H2,1-3H3,(H,14,15). The fourth-order valence-corrected chi connectivity index (χ4v) is 2.04. The molecule has 0 aromatic carbocycles. The number of carbonyl (C=O) groups is 1. The highest BCUT2D eigenvalue weighted by molar-refractivity contribution is 5.64. The number of piperidine rings is 1. The van der Waals surface area contributed by atoms with Crippen LogP contribution in [0.4, 0.5) is 4.79 Å². The first-order valence-electron chi connectivity index (χ1n) is 5.61. The molecule has 88 valence electrons. The molecule has 1 fully saturated rings. The van der Waals surface area contributed by atoms with Gasteiger partial charge in [-0.25, -0.2) is 4.79 Å². The van der Waals surface area contributed by atoms with Gasteiger partial charge in [-0.2, -0.15) is 0 Å². The summed E-state index contributed by atoms with van der Waals surface area (Å²) < 4.78 is 0. The lowest BCUT2D eigenvalue weighted by atomic mass is 9.93. The van der Waals surface area contributed by atoms with E-state index in [0.717, 1.165) is 25.9 Å². The number of amides is 1. The molecule has 1 aliphatic heterocycles. The first-order chi connectivity index (χ1) is 6.89. The van der Waals surface area contributed by atoms with E-state index >= 15 is 0 Å². The van der Waals surface area contributed by atoms with E-state index in [1.54, 1.807) is 0 Å². The molecule has 0 atom stereocenters. The summed E-state index contributed by atoms with van der Waals surface area (Å²) in [6.07, 6.45) is 1.28. The second-order valence-corrected chi connectivity index (χ2v) is 5.29. The maximum Gasteiger partial charge on any atom is 0.404 e. The summed E-state index contributed by atoms with van der Waals surface area (Å²) in [7, 11) is 0. The van der Waals surface area contributed by atoms with Gasteiger partial charge in [0.15, 0.2) is 0 Å². The minimum absolute atomic E-state index is 0.241. The number of hydrogen-bond acceptors (Lipinski definition) is 2. The average molecular weight is 214 g/mol. The predicted octanol–water partition coefficient (Wildman–Crippen LogP) is 1.76. The fraction of sp³-hybridized carbons (Fsp3) is 0.909. The summed E-state index contributed by atoms with van der Waals surface area (Å²) in [5, 5.41) is 11.0. The molecule has 2 N–H and O–H groups in total. The lowest BCUT2D eigenvalue weighted by Crippen LogP contribution is -2.47. The summed E-state index contributed by atoms with van der Waals surface area (Å²) in [6, 6.07) is 0. The molecule has 15 heavy (non-hydrogen) atoms. The maximum absolute atomic E-state index is 10.3. The van der Waals surface area contributed by atoms with E-state index in [-0.39, 0.29) is 5.54 Å². The molecule has 1 amide bonds. The third-order valence-corrected chi connectivity index (χ3v) is 3.11. The average Bonchev–Trinajstić information content (AvgIpc) is 2.14. The van der Waals surface area contributed by atoms with Crippen LogP contribution in [0.15, 0.2) is 0 Å². The second-order valence-electron chi connectivity index (χ2n) is 5.29. The van der Waals surface area contributed by atoms with Crippen LogP contribution in [-0.2, 0) is 0 Å². The van der Waals surface area contributed by atoms with Crippen LogP contribution in [-0.4, -0.2) is 41.3 Å². The zero-order valence-corrected chi connectivity index (χ0v) is 9.92. The van der Waals surface area contributed by atoms with Crippen molar-refractivity contribution in [1.82, 2.24) is 10.2 Å². The SMILES string of the molecule is CC(C)(C)N1CCC(CNC(=O)O)CC1. The van der Waals surface area contributed by atoms with Gasteiger partial charge in [0.1, 0.15) is 0 Å². The van der Waals surface area contributed by atoms with Crippen molar-refractivity contribution < 1.29 is 9.90 Å². The molecule has 0 unspecified atom stereocenters. The Morgan fingerprint density at radius 1 is 1.40 bits per heavy atom. The second kappa shape index (κ2) is 4.84. The van der Waals surface area contributed by atoms with Crippen molar-refractivity contribution in [2.45, 2.75) is 39.2 Å². The molecule has 0 aliphatic carbocycles. The zero-order chi connectivity index (χ0) is 11.5. The lowest BCUT2D eigenvalue weighted by molar-refractivity contribution is 0.0869. The normalized spacial score (nSPS) is 20.2. The molecule has 0 spiro atoms. The number of hydrogen-bond donors (Lipinski definition) is 2. The third-order valence-electron chi connectivity index (χ3n) is 3.11. The first-order valence-corrected chi connectivity index (χ1v) is 5.61. The van der Waals surface area contributed by atoms with Crippen LogP contribution in [0.5, 0.6) is 0 Å². The lowest BCUT2D eigenvalue weighted by Gasteiger charge is -2.40. The largest absolute Gasteiger partial charge is 0.465 e. The van der Waals surface area contributed by atoms with Gasteiger partial charge in [-0.1, -0.05) is 0 Å². The monoisotopic (exact) mass is 214 g/mol. The van der Waals surface area contributed by atoms with Crippen molar-refractivity contribution in [3.8, 4) is 0 Å². The Balaban J connectivity index is 2.27. The Hall–Kier alpha value is -0.770. The topological polar surface area (TPSA) is 52.6 Å². The van der Waals surface area contributed by atoms with Gasteiger partial charge in [0.25, 0.3) is 0 Å². The molecule has 1 heterocycles. The molecule has 4 heteroatoms. The van der Waals surface area contributed by atoms with Crippen molar-refractivity contribution in [3.63, 3.8) is 0 Å². The Bertz CT molecular complexity index is 215. The van der Waals surface area contributed by atoms with Gasteiger partial charge in [0, 0.05) is 12.1 Å². The van der Waals surface area contributed by atoms with Crippen molar-refractivity contribution in [3.05, 3.63) is 0 Å². The zero-order valence-electron chi connectivity index (χ0n) is 9.92. The number of nitrogens with one attached hydrogen (secondary N) is 1. The van der Waals surface area contributed by atoms with Gasteiger partial charge in [-0.3, -0.25) is 4.90 Å². The maximum atomic E-state index is 10.3. The molecule has 0 bridgehead atoms. The van der Waals surface area contributed by atoms with Crippen LogP contribution < -0.4 is 5.32 Å². The minimum Gasteiger partial charge on any atom is -0.465 e. The fourth-order valence-electron chi connectivity index (χ4n) is 2.04. The molecule has 0 saturated carbocycles. The van der Waals surface area contributed by atoms with Gasteiger partial charge < -0.3 is 10.4 Å². The molecular weight excluding hydrogens is 192 g/mol. The highest BCUT2D eigenvalue weighted by atomic mass is 16.4. The van der Waals surface area contributed by atoms with Crippen molar-refractivity contribution in [2.24, 2.45) is 5.92 Å². The Labute approximate surface area is 91.6 Å². The van der Waals surface area contributed by atoms with Crippen molar-refractivity contribution in [1.29, 1.82) is 0 Å². The van der Waals surface area contributed by atoms with Crippen LogP contribution in [0.2, 0.25) is 0 Å². The molecule has 1 aliphatic rings. The number of likely N-dealkylation sites (tertiary alicyclic amines) is 1. The van der Waals surface area contributed by atoms with E-state index in [0.29, 0.717) is 12.5 Å². The summed E-state index contributed by atoms with van der Waals surface area (Å²) in [6.45, 7) is 9.44. The van der Waals surface area contributed by atoms with E-state index in [2.05, 4.69) is 31.0 Å². The smallest absolute Gasteiger partial charge is 0.404 e. The molecular formula is C11H22N2O2. The Morgan fingerprint density at radius 3 is 2.33 bits per heavy atom. The molecule has 0 radical (unpaired) electrons. The van der Waals surface area contributed by atoms with Gasteiger partial charge in [0.2, 0.25) is 0 Å². The van der Waals surface area contributed by atoms with E-state index in [1.807, 2.05) is 0 Å². The number of rotatable bonds is 2. The molecule has 0 aromatic heterocycles. The number of nitrogens with zero attached hydrogens (tertiary/aromatic N) is 1. The Morgan fingerprint density at radius 2 is 1.93 bits per heavy atom. The van der Waals surface area contributed by atoms with Gasteiger partial charge >= 0.3 is 6.09 Å². The molecule has 0 aromatic rings. The van der Waals surface area contributed by atoms with E-state index < -0.39 is 6.09 Å². The summed E-state index contributed by atoms with van der Waals surface area (Å²) in [5.74, 6) is 0.514. The molecule has 1 saturated heterocycles. The summed E-state index contributed by atoms with van der Waals surface area (Å²) in [4.78, 5) is 12.8. The van der Waals surface area contributed by atoms with Crippen LogP contribution in [0.1, 0.15) is 33.6 Å². The van der Waals surface area contributed by atoms with Crippen molar-refractivity contribution >= 4 is 6.09 Å². The summed E-state index contributed by atoms with van der Waals surface area (Å²) in [5.41, 5.74) is 0.241. The minimum atomic E-state index is -0.909. The van der Waals surface area contributed by atoms with Gasteiger partial charge in [0.05, 0.1) is 0 Å². The van der Waals surface area contributed by atoms with Gasteiger partial charge in [-0.05, 0) is 52.6 Å². The first kappa shape index (κ1) is 12.3. The third kappa shape index (κ3) is 4.08. The molecule has 4 nitrogen and oxygen atoms in total. The van der Waals surface area contributed by atoms with Crippen LogP contribution in [0.3, 0.4) is 0 Å². The Kier molecular flexibility index (Phi) is 3.97. The van der Waals surface area contributed by atoms with Crippen LogP contribution in [0, 0.1) is 5.92 Å².